The Morgan fingerprint density at radius 3 is 2.63 bits per heavy atom. The molecule has 0 radical (unpaired) electrons. The number of benzene rings is 1. The molecule has 19 heavy (non-hydrogen) atoms. The second-order valence-corrected chi connectivity index (χ2v) is 3.82. The summed E-state index contributed by atoms with van der Waals surface area (Å²) in [5.74, 6) is 0.208. The van der Waals surface area contributed by atoms with Crippen LogP contribution < -0.4 is 5.73 Å². The maximum atomic E-state index is 10.5. The lowest BCUT2D eigenvalue weighted by Gasteiger charge is -2.02. The fraction of sp³-hybridized carbons (Fsp3) is 0.0714. The Labute approximate surface area is 110 Å². The first-order valence-corrected chi connectivity index (χ1v) is 5.65. The van der Waals surface area contributed by atoms with Crippen molar-refractivity contribution < 1.29 is 9.32 Å². The highest BCUT2D eigenvalue weighted by Crippen LogP contribution is 2.21. The van der Waals surface area contributed by atoms with Gasteiger partial charge in [0.25, 0.3) is 0 Å². The average molecular weight is 255 g/mol. The summed E-state index contributed by atoms with van der Waals surface area (Å²) < 4.78 is 4.84. The maximum absolute atomic E-state index is 10.5. The lowest BCUT2D eigenvalue weighted by Crippen LogP contribution is -1.91. The molecular weight excluding hydrogens is 242 g/mol. The Morgan fingerprint density at radius 2 is 2.11 bits per heavy atom. The number of carbonyl (C=O) groups is 1. The third-order valence-electron chi connectivity index (χ3n) is 2.61. The normalized spacial score (nSPS) is 11.9. The minimum Gasteiger partial charge on any atom is -0.404 e. The number of aldehydes is 1. The van der Waals surface area contributed by atoms with Gasteiger partial charge in [0.2, 0.25) is 0 Å². The van der Waals surface area contributed by atoms with Crippen molar-refractivity contribution >= 4 is 18.1 Å². The third kappa shape index (κ3) is 2.77. The summed E-state index contributed by atoms with van der Waals surface area (Å²) in [5, 5.41) is 3.82. The van der Waals surface area contributed by atoms with Gasteiger partial charge in [-0.2, -0.15) is 0 Å². The van der Waals surface area contributed by atoms with Crippen molar-refractivity contribution in [3.05, 3.63) is 47.9 Å². The Hall–Kier alpha value is -2.69. The van der Waals surface area contributed by atoms with Crippen molar-refractivity contribution in [2.45, 2.75) is 0 Å². The van der Waals surface area contributed by atoms with E-state index in [1.165, 1.54) is 6.20 Å². The van der Waals surface area contributed by atoms with Crippen molar-refractivity contribution in [3.63, 3.8) is 0 Å². The fourth-order valence-corrected chi connectivity index (χ4v) is 1.67. The van der Waals surface area contributed by atoms with E-state index in [0.717, 1.165) is 16.7 Å². The van der Waals surface area contributed by atoms with E-state index in [4.69, 9.17) is 10.3 Å². The molecule has 0 bridgehead atoms. The third-order valence-corrected chi connectivity index (χ3v) is 2.61. The van der Waals surface area contributed by atoms with E-state index in [2.05, 4.69) is 10.1 Å². The van der Waals surface area contributed by atoms with Crippen LogP contribution >= 0.6 is 0 Å². The van der Waals surface area contributed by atoms with E-state index in [1.54, 1.807) is 19.3 Å². The molecule has 96 valence electrons. The van der Waals surface area contributed by atoms with E-state index >= 15 is 0 Å². The minimum absolute atomic E-state index is 0.208. The molecule has 1 heterocycles. The van der Waals surface area contributed by atoms with Gasteiger partial charge in [0.05, 0.1) is 0 Å². The molecule has 1 aromatic heterocycles. The lowest BCUT2D eigenvalue weighted by molar-refractivity contribution is 0.109. The number of rotatable bonds is 4. The van der Waals surface area contributed by atoms with Crippen molar-refractivity contribution in [2.75, 3.05) is 7.05 Å². The number of hydrogen-bond donors (Lipinski definition) is 1. The van der Waals surface area contributed by atoms with Gasteiger partial charge in [0, 0.05) is 36.7 Å². The van der Waals surface area contributed by atoms with Gasteiger partial charge in [-0.1, -0.05) is 29.4 Å². The number of nitrogens with two attached hydrogens (primary N) is 1. The molecule has 0 saturated heterocycles. The van der Waals surface area contributed by atoms with Crippen LogP contribution in [0.15, 0.2) is 46.0 Å². The Kier molecular flexibility index (Phi) is 3.87. The number of aliphatic imine (C=N–C) groups is 1. The Bertz CT molecular complexity index is 624. The first-order valence-electron chi connectivity index (χ1n) is 5.65. The van der Waals surface area contributed by atoms with Gasteiger partial charge in [-0.15, -0.1) is 0 Å². The zero-order chi connectivity index (χ0) is 13.7. The van der Waals surface area contributed by atoms with Gasteiger partial charge in [-0.05, 0) is 5.56 Å². The first kappa shape index (κ1) is 12.8. The van der Waals surface area contributed by atoms with Crippen LogP contribution in [0.4, 0.5) is 0 Å². The van der Waals surface area contributed by atoms with Gasteiger partial charge in [0.15, 0.2) is 12.0 Å². The summed E-state index contributed by atoms with van der Waals surface area (Å²) in [6.45, 7) is 0. The number of carbonyl (C=O) groups excluding carboxylic acids is 1. The molecule has 2 rings (SSSR count). The van der Waals surface area contributed by atoms with Gasteiger partial charge >= 0.3 is 0 Å². The highest BCUT2D eigenvalue weighted by Gasteiger charge is 2.06. The monoisotopic (exact) mass is 255 g/mol. The van der Waals surface area contributed by atoms with Crippen LogP contribution in [0, 0.1) is 0 Å². The van der Waals surface area contributed by atoms with Crippen LogP contribution in [0.25, 0.3) is 16.8 Å². The lowest BCUT2D eigenvalue weighted by atomic mass is 10.0. The number of nitrogens with zero attached hydrogens (tertiary/aromatic N) is 2. The highest BCUT2D eigenvalue weighted by atomic mass is 16.5. The molecule has 0 atom stereocenters. The van der Waals surface area contributed by atoms with E-state index in [0.29, 0.717) is 12.0 Å². The Balaban J connectivity index is 2.30. The molecule has 0 aliphatic carbocycles. The molecule has 0 spiro atoms. The molecular formula is C14H13N3O2. The first-order chi connectivity index (χ1) is 9.28. The molecule has 0 fully saturated rings. The van der Waals surface area contributed by atoms with E-state index < -0.39 is 0 Å². The SMILES string of the molecule is CN=C/C(=C\N)c1ccc(-c2cc(C=O)on2)cc1. The minimum atomic E-state index is 0.208. The average Bonchev–Trinajstić information content (AvgIpc) is 2.94. The van der Waals surface area contributed by atoms with Crippen LogP contribution in [0.3, 0.4) is 0 Å². The number of allylic oxidation sites excluding steroid dienone is 1. The summed E-state index contributed by atoms with van der Waals surface area (Å²) in [6, 6.07) is 9.18. The molecule has 0 saturated carbocycles. The van der Waals surface area contributed by atoms with Gasteiger partial charge in [-0.25, -0.2) is 0 Å². The summed E-state index contributed by atoms with van der Waals surface area (Å²) >= 11 is 0. The summed E-state index contributed by atoms with van der Waals surface area (Å²) in [7, 11) is 1.69. The molecule has 0 unspecified atom stereocenters. The van der Waals surface area contributed by atoms with Crippen LogP contribution in [0.5, 0.6) is 0 Å². The zero-order valence-electron chi connectivity index (χ0n) is 10.4. The second-order valence-electron chi connectivity index (χ2n) is 3.82. The van der Waals surface area contributed by atoms with Gasteiger partial charge in [-0.3, -0.25) is 9.79 Å². The molecule has 2 aromatic rings. The standard InChI is InChI=1S/C14H13N3O2/c1-16-8-12(7-15)10-2-4-11(5-3-10)14-6-13(9-18)19-17-14/h2-9H,15H2,1H3/b12-7+,16-8?. The van der Waals surface area contributed by atoms with Crippen molar-refractivity contribution in [1.82, 2.24) is 5.16 Å². The maximum Gasteiger partial charge on any atom is 0.199 e. The van der Waals surface area contributed by atoms with E-state index in [1.807, 2.05) is 24.3 Å². The smallest absolute Gasteiger partial charge is 0.199 e. The molecule has 0 aliphatic heterocycles. The van der Waals surface area contributed by atoms with Crippen molar-refractivity contribution in [2.24, 2.45) is 10.7 Å². The predicted octanol–water partition coefficient (Wildman–Crippen LogP) is 2.15. The van der Waals surface area contributed by atoms with Crippen LogP contribution in [-0.4, -0.2) is 24.7 Å². The van der Waals surface area contributed by atoms with Crippen LogP contribution in [0.2, 0.25) is 0 Å². The summed E-state index contributed by atoms with van der Waals surface area (Å²) in [6.07, 6.45) is 3.82. The van der Waals surface area contributed by atoms with E-state index in [-0.39, 0.29) is 5.76 Å². The molecule has 0 amide bonds. The summed E-state index contributed by atoms with van der Waals surface area (Å²) in [5.41, 5.74) is 8.82. The topological polar surface area (TPSA) is 81.5 Å². The molecule has 1 aromatic carbocycles. The van der Waals surface area contributed by atoms with Crippen LogP contribution in [0.1, 0.15) is 16.1 Å². The van der Waals surface area contributed by atoms with Crippen molar-refractivity contribution in [1.29, 1.82) is 0 Å². The molecule has 0 aliphatic rings. The van der Waals surface area contributed by atoms with Crippen LogP contribution in [-0.2, 0) is 0 Å². The van der Waals surface area contributed by atoms with Gasteiger partial charge < -0.3 is 10.3 Å². The number of aromatic nitrogens is 1. The largest absolute Gasteiger partial charge is 0.404 e. The quantitative estimate of drug-likeness (QED) is 0.670. The predicted molar refractivity (Wildman–Crippen MR) is 73.9 cm³/mol. The second kappa shape index (κ2) is 5.77. The van der Waals surface area contributed by atoms with Gasteiger partial charge in [0.1, 0.15) is 5.69 Å². The molecule has 5 heteroatoms. The fourth-order valence-electron chi connectivity index (χ4n) is 1.67. The van der Waals surface area contributed by atoms with E-state index in [9.17, 15) is 4.79 Å². The summed E-state index contributed by atoms with van der Waals surface area (Å²) in [4.78, 5) is 14.5. The molecule has 2 N–H and O–H groups in total. The highest BCUT2D eigenvalue weighted by molar-refractivity contribution is 6.09. The molecule has 5 nitrogen and oxygen atoms in total. The zero-order valence-corrected chi connectivity index (χ0v) is 10.4. The Morgan fingerprint density at radius 1 is 1.37 bits per heavy atom. The number of hydrogen-bond acceptors (Lipinski definition) is 5. The van der Waals surface area contributed by atoms with Crippen molar-refractivity contribution in [3.8, 4) is 11.3 Å².